The number of ketones is 1. The van der Waals surface area contributed by atoms with Gasteiger partial charge < -0.3 is 13.9 Å². The first-order valence-electron chi connectivity index (χ1n) is 9.39. The highest BCUT2D eigenvalue weighted by molar-refractivity contribution is 6.99. The zero-order chi connectivity index (χ0) is 19.5. The Morgan fingerprint density at radius 3 is 2.00 bits per heavy atom. The highest BCUT2D eigenvalue weighted by atomic mass is 28.4. The second-order valence-corrected chi connectivity index (χ2v) is 12.2. The van der Waals surface area contributed by atoms with Gasteiger partial charge in [-0.3, -0.25) is 4.79 Å². The Morgan fingerprint density at radius 2 is 1.52 bits per heavy atom. The van der Waals surface area contributed by atoms with Crippen molar-refractivity contribution in [2.24, 2.45) is 0 Å². The summed E-state index contributed by atoms with van der Waals surface area (Å²) in [6.45, 7) is 8.77. The summed E-state index contributed by atoms with van der Waals surface area (Å²) in [7, 11) is -2.66. The third-order valence-electron chi connectivity index (χ3n) is 5.04. The van der Waals surface area contributed by atoms with Crippen LogP contribution in [0.2, 0.25) is 5.04 Å². The molecule has 1 aliphatic rings. The maximum atomic E-state index is 12.3. The molecule has 4 nitrogen and oxygen atoms in total. The van der Waals surface area contributed by atoms with Crippen molar-refractivity contribution in [3.8, 4) is 0 Å². The molecule has 0 amide bonds. The van der Waals surface area contributed by atoms with Gasteiger partial charge in [-0.25, -0.2) is 0 Å². The predicted octanol–water partition coefficient (Wildman–Crippen LogP) is 2.89. The summed E-state index contributed by atoms with van der Waals surface area (Å²) in [5, 5.41) is 2.25. The van der Waals surface area contributed by atoms with Gasteiger partial charge >= 0.3 is 0 Å². The second kappa shape index (κ2) is 8.06. The van der Waals surface area contributed by atoms with Gasteiger partial charge in [0.1, 0.15) is 12.7 Å². The van der Waals surface area contributed by atoms with Crippen LogP contribution < -0.4 is 10.4 Å². The molecule has 2 aromatic rings. The molecular formula is C22H28O4Si. The molecule has 1 saturated heterocycles. The van der Waals surface area contributed by atoms with Crippen molar-refractivity contribution in [1.29, 1.82) is 0 Å². The van der Waals surface area contributed by atoms with E-state index in [0.717, 1.165) is 0 Å². The Kier molecular flexibility index (Phi) is 5.96. The quantitative estimate of drug-likeness (QED) is 0.744. The largest absolute Gasteiger partial charge is 0.404 e. The third kappa shape index (κ3) is 4.06. The van der Waals surface area contributed by atoms with E-state index in [1.807, 2.05) is 43.3 Å². The lowest BCUT2D eigenvalue weighted by molar-refractivity contribution is -0.206. The lowest BCUT2D eigenvalue weighted by Crippen LogP contribution is -2.67. The predicted molar refractivity (Wildman–Crippen MR) is 109 cm³/mol. The number of benzene rings is 2. The molecule has 0 N–H and O–H groups in total. The van der Waals surface area contributed by atoms with Gasteiger partial charge in [0.25, 0.3) is 8.32 Å². The van der Waals surface area contributed by atoms with E-state index in [0.29, 0.717) is 0 Å². The molecule has 0 saturated carbocycles. The zero-order valence-corrected chi connectivity index (χ0v) is 17.5. The number of rotatable bonds is 5. The number of ether oxygens (including phenoxy) is 2. The summed E-state index contributed by atoms with van der Waals surface area (Å²) in [6.07, 6.45) is -0.981. The van der Waals surface area contributed by atoms with Crippen LogP contribution in [0.3, 0.4) is 0 Å². The molecule has 0 bridgehead atoms. The maximum absolute atomic E-state index is 12.3. The molecule has 0 radical (unpaired) electrons. The van der Waals surface area contributed by atoms with Gasteiger partial charge in [-0.2, -0.15) is 0 Å². The average Bonchev–Trinajstić information content (AvgIpc) is 2.65. The summed E-state index contributed by atoms with van der Waals surface area (Å²) in [6, 6.07) is 20.8. The fourth-order valence-electron chi connectivity index (χ4n) is 3.73. The molecule has 2 aromatic carbocycles. The van der Waals surface area contributed by atoms with E-state index < -0.39 is 20.7 Å². The molecule has 2 atom stereocenters. The number of hydrogen-bond donors (Lipinski definition) is 0. The first kappa shape index (κ1) is 20.0. The van der Waals surface area contributed by atoms with Crippen molar-refractivity contribution in [3.63, 3.8) is 0 Å². The van der Waals surface area contributed by atoms with Crippen LogP contribution in [0.25, 0.3) is 0 Å². The molecular weight excluding hydrogens is 356 g/mol. The van der Waals surface area contributed by atoms with Gasteiger partial charge in [0.15, 0.2) is 12.1 Å². The van der Waals surface area contributed by atoms with Gasteiger partial charge in [0, 0.05) is 0 Å². The molecule has 5 heteroatoms. The molecule has 0 aliphatic carbocycles. The topological polar surface area (TPSA) is 44.8 Å². The lowest BCUT2D eigenvalue weighted by atomic mass is 10.2. The molecule has 144 valence electrons. The number of carbonyl (C=O) groups excluding carboxylic acids is 1. The monoisotopic (exact) mass is 384 g/mol. The number of Topliss-reactive ketones (excluding diaryl/α,β-unsaturated/α-hetero) is 1. The second-order valence-electron chi connectivity index (χ2n) is 7.94. The van der Waals surface area contributed by atoms with Crippen molar-refractivity contribution < 1.29 is 18.7 Å². The first-order chi connectivity index (χ1) is 12.8. The van der Waals surface area contributed by atoms with Gasteiger partial charge in [0.05, 0.1) is 6.61 Å². The highest BCUT2D eigenvalue weighted by Crippen LogP contribution is 2.37. The minimum absolute atomic E-state index is 0.0639. The molecule has 1 fully saturated rings. The van der Waals surface area contributed by atoms with Crippen molar-refractivity contribution in [1.82, 2.24) is 0 Å². The summed E-state index contributed by atoms with van der Waals surface area (Å²) in [5.74, 6) is -0.0639. The van der Waals surface area contributed by atoms with Gasteiger partial charge in [-0.15, -0.1) is 0 Å². The van der Waals surface area contributed by atoms with Crippen molar-refractivity contribution in [2.75, 3.05) is 13.2 Å². The van der Waals surface area contributed by atoms with Gasteiger partial charge in [0.2, 0.25) is 0 Å². The Labute approximate surface area is 162 Å². The number of hydrogen-bond acceptors (Lipinski definition) is 4. The van der Waals surface area contributed by atoms with Gasteiger partial charge in [-0.1, -0.05) is 81.4 Å². The van der Waals surface area contributed by atoms with Crippen LogP contribution in [0, 0.1) is 0 Å². The van der Waals surface area contributed by atoms with Crippen molar-refractivity contribution >= 4 is 24.5 Å². The molecule has 1 aliphatic heterocycles. The van der Waals surface area contributed by atoms with E-state index in [4.69, 9.17) is 13.9 Å². The molecule has 0 spiro atoms. The Bertz CT molecular complexity index is 715. The Balaban J connectivity index is 2.03. The standard InChI is InChI=1S/C22H28O4Si/c1-17-24-15-20(23)21(26-17)16-25-27(22(2,3)4,18-11-7-5-8-12-18)19-13-9-6-10-14-19/h5-14,17,21H,15-16H2,1-4H3/t17-,21-/m1/s1. The smallest absolute Gasteiger partial charge is 0.261 e. The van der Waals surface area contributed by atoms with E-state index in [1.54, 1.807) is 0 Å². The van der Waals surface area contributed by atoms with E-state index in [9.17, 15) is 4.79 Å². The Morgan fingerprint density at radius 1 is 1.00 bits per heavy atom. The van der Waals surface area contributed by atoms with Crippen LogP contribution in [0.1, 0.15) is 27.7 Å². The summed E-state index contributed by atoms with van der Waals surface area (Å²) in [5.41, 5.74) is 0. The maximum Gasteiger partial charge on any atom is 0.261 e. The van der Waals surface area contributed by atoms with Crippen LogP contribution in [-0.4, -0.2) is 39.7 Å². The molecule has 1 heterocycles. The summed E-state index contributed by atoms with van der Waals surface area (Å²) >= 11 is 0. The van der Waals surface area contributed by atoms with E-state index >= 15 is 0 Å². The molecule has 0 unspecified atom stereocenters. The average molecular weight is 385 g/mol. The fraction of sp³-hybridized carbons (Fsp3) is 0.409. The summed E-state index contributed by atoms with van der Waals surface area (Å²) < 4.78 is 17.7. The van der Waals surface area contributed by atoms with Crippen LogP contribution in [0.5, 0.6) is 0 Å². The number of carbonyl (C=O) groups is 1. The van der Waals surface area contributed by atoms with E-state index in [1.165, 1.54) is 10.4 Å². The summed E-state index contributed by atoms with van der Waals surface area (Å²) in [4.78, 5) is 12.3. The fourth-order valence-corrected chi connectivity index (χ4v) is 8.29. The lowest BCUT2D eigenvalue weighted by Gasteiger charge is -2.44. The normalized spacial score (nSPS) is 21.3. The third-order valence-corrected chi connectivity index (χ3v) is 10.0. The van der Waals surface area contributed by atoms with E-state index in [-0.39, 0.29) is 24.0 Å². The minimum Gasteiger partial charge on any atom is -0.404 e. The van der Waals surface area contributed by atoms with Crippen LogP contribution >= 0.6 is 0 Å². The highest BCUT2D eigenvalue weighted by Gasteiger charge is 2.50. The molecule has 0 aromatic heterocycles. The first-order valence-corrected chi connectivity index (χ1v) is 11.3. The van der Waals surface area contributed by atoms with Crippen LogP contribution in [0.15, 0.2) is 60.7 Å². The van der Waals surface area contributed by atoms with E-state index in [2.05, 4.69) is 45.0 Å². The zero-order valence-electron chi connectivity index (χ0n) is 16.5. The molecule has 27 heavy (non-hydrogen) atoms. The van der Waals surface area contributed by atoms with Crippen molar-refractivity contribution in [3.05, 3.63) is 60.7 Å². The van der Waals surface area contributed by atoms with Crippen molar-refractivity contribution in [2.45, 2.75) is 45.1 Å². The van der Waals surface area contributed by atoms with Gasteiger partial charge in [-0.05, 0) is 22.3 Å². The minimum atomic E-state index is -2.66. The van der Waals surface area contributed by atoms with Crippen LogP contribution in [0.4, 0.5) is 0 Å². The van der Waals surface area contributed by atoms with Crippen LogP contribution in [-0.2, 0) is 18.7 Å². The SMILES string of the molecule is C[C@@H]1OCC(=O)[C@@H](CO[Si](c2ccccc2)(c2ccccc2)C(C)(C)C)O1. The molecule has 3 rings (SSSR count). The Hall–Kier alpha value is -1.79.